The number of amides is 2. The molecule has 0 saturated carbocycles. The first kappa shape index (κ1) is 20.6. The van der Waals surface area contributed by atoms with Gasteiger partial charge in [-0.05, 0) is 43.4 Å². The highest BCUT2D eigenvalue weighted by molar-refractivity contribution is 7.80. The van der Waals surface area contributed by atoms with Gasteiger partial charge in [-0.2, -0.15) is 0 Å². The number of nitrogens with zero attached hydrogens (tertiary/aromatic N) is 1. The highest BCUT2D eigenvalue weighted by atomic mass is 32.1. The standard InChI is InChI=1S/C21H25N3O2S/c1-5-24(15-11-7-6-8-12-15)18(25)16-13-9-10-14-17(16)22-20(27)23-19(26)21(2,3)4/h6-14H,5H2,1-4H3,(H2,22,23,26,27). The Morgan fingerprint density at radius 2 is 1.59 bits per heavy atom. The zero-order valence-electron chi connectivity index (χ0n) is 16.1. The van der Waals surface area contributed by atoms with Gasteiger partial charge in [-0.25, -0.2) is 0 Å². The number of benzene rings is 2. The third-order valence-electron chi connectivity index (χ3n) is 3.94. The van der Waals surface area contributed by atoms with Crippen LogP contribution in [0.5, 0.6) is 0 Å². The summed E-state index contributed by atoms with van der Waals surface area (Å²) in [4.78, 5) is 26.9. The van der Waals surface area contributed by atoms with E-state index in [9.17, 15) is 9.59 Å². The number of rotatable bonds is 4. The van der Waals surface area contributed by atoms with Crippen LogP contribution in [0.2, 0.25) is 0 Å². The molecule has 0 aliphatic heterocycles. The SMILES string of the molecule is CCN(C(=O)c1ccccc1NC(=S)NC(=O)C(C)(C)C)c1ccccc1. The Kier molecular flexibility index (Phi) is 6.69. The van der Waals surface area contributed by atoms with Crippen LogP contribution in [0.3, 0.4) is 0 Å². The number of carbonyl (C=O) groups is 2. The fourth-order valence-corrected chi connectivity index (χ4v) is 2.62. The van der Waals surface area contributed by atoms with E-state index in [-0.39, 0.29) is 16.9 Å². The van der Waals surface area contributed by atoms with Gasteiger partial charge in [-0.15, -0.1) is 0 Å². The first-order valence-electron chi connectivity index (χ1n) is 8.82. The fourth-order valence-electron chi connectivity index (χ4n) is 2.42. The Balaban J connectivity index is 2.23. The molecule has 0 bridgehead atoms. The van der Waals surface area contributed by atoms with Gasteiger partial charge in [-0.3, -0.25) is 9.59 Å². The second-order valence-electron chi connectivity index (χ2n) is 7.09. The first-order valence-corrected chi connectivity index (χ1v) is 9.23. The lowest BCUT2D eigenvalue weighted by Gasteiger charge is -2.23. The molecule has 0 saturated heterocycles. The topological polar surface area (TPSA) is 61.4 Å². The summed E-state index contributed by atoms with van der Waals surface area (Å²) in [5.74, 6) is -0.333. The van der Waals surface area contributed by atoms with E-state index in [0.29, 0.717) is 17.8 Å². The molecule has 0 fully saturated rings. The smallest absolute Gasteiger partial charge is 0.260 e. The van der Waals surface area contributed by atoms with Gasteiger partial charge in [0.25, 0.3) is 5.91 Å². The summed E-state index contributed by atoms with van der Waals surface area (Å²) >= 11 is 5.25. The molecule has 0 unspecified atom stereocenters. The van der Waals surface area contributed by atoms with Crippen LogP contribution in [0.15, 0.2) is 54.6 Å². The van der Waals surface area contributed by atoms with Gasteiger partial charge in [-0.1, -0.05) is 51.1 Å². The monoisotopic (exact) mass is 383 g/mol. The van der Waals surface area contributed by atoms with Crippen molar-refractivity contribution >= 4 is 40.5 Å². The van der Waals surface area contributed by atoms with E-state index < -0.39 is 5.41 Å². The van der Waals surface area contributed by atoms with Gasteiger partial charge in [0.1, 0.15) is 0 Å². The molecular weight excluding hydrogens is 358 g/mol. The Hall–Kier alpha value is -2.73. The van der Waals surface area contributed by atoms with Crippen molar-refractivity contribution < 1.29 is 9.59 Å². The number of carbonyl (C=O) groups excluding carboxylic acids is 2. The first-order chi connectivity index (χ1) is 12.7. The van der Waals surface area contributed by atoms with Crippen LogP contribution in [0.4, 0.5) is 11.4 Å². The van der Waals surface area contributed by atoms with Crippen LogP contribution in [0.1, 0.15) is 38.1 Å². The zero-order chi connectivity index (χ0) is 20.0. The molecule has 0 aromatic heterocycles. The maximum absolute atomic E-state index is 13.1. The molecule has 6 heteroatoms. The fraction of sp³-hybridized carbons (Fsp3) is 0.286. The maximum atomic E-state index is 13.1. The summed E-state index contributed by atoms with van der Waals surface area (Å²) < 4.78 is 0. The predicted molar refractivity (Wildman–Crippen MR) is 114 cm³/mol. The van der Waals surface area contributed by atoms with Gasteiger partial charge in [0.2, 0.25) is 5.91 Å². The van der Waals surface area contributed by atoms with Gasteiger partial charge < -0.3 is 15.5 Å². The second kappa shape index (κ2) is 8.77. The highest BCUT2D eigenvalue weighted by Crippen LogP contribution is 2.22. The summed E-state index contributed by atoms with van der Waals surface area (Å²) in [6, 6.07) is 16.6. The van der Waals surface area contributed by atoms with E-state index in [1.165, 1.54) is 0 Å². The highest BCUT2D eigenvalue weighted by Gasteiger charge is 2.23. The van der Waals surface area contributed by atoms with E-state index in [2.05, 4.69) is 10.6 Å². The molecule has 2 rings (SSSR count). The average molecular weight is 384 g/mol. The summed E-state index contributed by atoms with van der Waals surface area (Å²) in [7, 11) is 0. The summed E-state index contributed by atoms with van der Waals surface area (Å²) in [6.07, 6.45) is 0. The van der Waals surface area contributed by atoms with Crippen molar-refractivity contribution in [3.8, 4) is 0 Å². The molecule has 0 atom stereocenters. The summed E-state index contributed by atoms with van der Waals surface area (Å²) in [5.41, 5.74) is 1.29. The van der Waals surface area contributed by atoms with Crippen molar-refractivity contribution in [1.82, 2.24) is 5.32 Å². The minimum absolute atomic E-state index is 0.142. The minimum atomic E-state index is -0.562. The molecule has 0 aliphatic rings. The molecule has 2 N–H and O–H groups in total. The second-order valence-corrected chi connectivity index (χ2v) is 7.50. The van der Waals surface area contributed by atoms with Gasteiger partial charge in [0.15, 0.2) is 5.11 Å². The van der Waals surface area contributed by atoms with Crippen LogP contribution < -0.4 is 15.5 Å². The van der Waals surface area contributed by atoms with E-state index in [4.69, 9.17) is 12.2 Å². The number of para-hydroxylation sites is 2. The third kappa shape index (κ3) is 5.37. The van der Waals surface area contributed by atoms with Crippen LogP contribution in [-0.2, 0) is 4.79 Å². The molecule has 2 aromatic rings. The predicted octanol–water partition coefficient (Wildman–Crippen LogP) is 4.21. The number of anilines is 2. The number of hydrogen-bond acceptors (Lipinski definition) is 3. The van der Waals surface area contributed by atoms with Gasteiger partial charge in [0.05, 0.1) is 11.3 Å². The summed E-state index contributed by atoms with van der Waals surface area (Å²) in [5, 5.41) is 5.81. The maximum Gasteiger partial charge on any atom is 0.260 e. The molecule has 0 aliphatic carbocycles. The van der Waals surface area contributed by atoms with Crippen molar-refractivity contribution in [2.45, 2.75) is 27.7 Å². The average Bonchev–Trinajstić information content (AvgIpc) is 2.62. The lowest BCUT2D eigenvalue weighted by molar-refractivity contribution is -0.126. The van der Waals surface area contributed by atoms with Gasteiger partial charge in [0, 0.05) is 17.6 Å². The lowest BCUT2D eigenvalue weighted by Crippen LogP contribution is -2.41. The van der Waals surface area contributed by atoms with Crippen LogP contribution >= 0.6 is 12.2 Å². The van der Waals surface area contributed by atoms with E-state index in [1.54, 1.807) is 43.9 Å². The quantitative estimate of drug-likeness (QED) is 0.777. The van der Waals surface area contributed by atoms with Crippen LogP contribution in [0, 0.1) is 5.41 Å². The minimum Gasteiger partial charge on any atom is -0.332 e. The van der Waals surface area contributed by atoms with Crippen molar-refractivity contribution in [3.05, 3.63) is 60.2 Å². The van der Waals surface area contributed by atoms with Crippen LogP contribution in [-0.4, -0.2) is 23.5 Å². The Morgan fingerprint density at radius 3 is 2.19 bits per heavy atom. The van der Waals surface area contributed by atoms with Crippen molar-refractivity contribution in [1.29, 1.82) is 0 Å². The molecule has 0 spiro atoms. The van der Waals surface area contributed by atoms with Gasteiger partial charge >= 0.3 is 0 Å². The lowest BCUT2D eigenvalue weighted by atomic mass is 9.96. The number of thiocarbonyl (C=S) groups is 1. The molecule has 0 heterocycles. The van der Waals surface area contributed by atoms with Crippen LogP contribution in [0.25, 0.3) is 0 Å². The molecule has 0 radical (unpaired) electrons. The number of hydrogen-bond donors (Lipinski definition) is 2. The molecule has 27 heavy (non-hydrogen) atoms. The normalized spacial score (nSPS) is 10.8. The Labute approximate surface area is 165 Å². The van der Waals surface area contributed by atoms with Crippen molar-refractivity contribution in [3.63, 3.8) is 0 Å². The summed E-state index contributed by atoms with van der Waals surface area (Å²) in [6.45, 7) is 7.88. The Bertz CT molecular complexity index is 829. The largest absolute Gasteiger partial charge is 0.332 e. The number of nitrogens with one attached hydrogen (secondary N) is 2. The van der Waals surface area contributed by atoms with E-state index >= 15 is 0 Å². The zero-order valence-corrected chi connectivity index (χ0v) is 16.9. The molecule has 2 amide bonds. The molecular formula is C21H25N3O2S. The van der Waals surface area contributed by atoms with E-state index in [0.717, 1.165) is 5.69 Å². The molecule has 2 aromatic carbocycles. The molecule has 142 valence electrons. The van der Waals surface area contributed by atoms with E-state index in [1.807, 2.05) is 43.3 Å². The van der Waals surface area contributed by atoms with Crippen molar-refractivity contribution in [2.24, 2.45) is 5.41 Å². The van der Waals surface area contributed by atoms with Crippen molar-refractivity contribution in [2.75, 3.05) is 16.8 Å². The molecule has 5 nitrogen and oxygen atoms in total. The third-order valence-corrected chi connectivity index (χ3v) is 4.15. The Morgan fingerprint density at radius 1 is 1.00 bits per heavy atom.